The van der Waals surface area contributed by atoms with Crippen LogP contribution in [0.25, 0.3) is 11.1 Å². The van der Waals surface area contributed by atoms with Crippen LogP contribution in [0.5, 0.6) is 0 Å². The van der Waals surface area contributed by atoms with Gasteiger partial charge in [0.2, 0.25) is 15.9 Å². The highest BCUT2D eigenvalue weighted by Gasteiger charge is 2.24. The van der Waals surface area contributed by atoms with Crippen LogP contribution < -0.4 is 21.1 Å². The van der Waals surface area contributed by atoms with E-state index in [2.05, 4.69) is 20.5 Å². The Morgan fingerprint density at radius 3 is 2.28 bits per heavy atom. The molecular formula is C26H31N5O4S. The van der Waals surface area contributed by atoms with E-state index in [-0.39, 0.29) is 16.6 Å². The van der Waals surface area contributed by atoms with E-state index in [4.69, 9.17) is 10.9 Å². The number of rotatable bonds is 8. The predicted octanol–water partition coefficient (Wildman–Crippen LogP) is 3.96. The van der Waals surface area contributed by atoms with E-state index in [9.17, 15) is 13.2 Å². The molecule has 1 unspecified atom stereocenters. The second-order valence-corrected chi connectivity index (χ2v) is 11.0. The Balaban J connectivity index is 1.73. The summed E-state index contributed by atoms with van der Waals surface area (Å²) >= 11 is 0. The minimum atomic E-state index is -3.73. The van der Waals surface area contributed by atoms with Crippen molar-refractivity contribution in [3.8, 4) is 11.1 Å². The van der Waals surface area contributed by atoms with Gasteiger partial charge in [0, 0.05) is 28.0 Å². The molecule has 3 aromatic rings. The highest BCUT2D eigenvalue weighted by atomic mass is 32.2. The van der Waals surface area contributed by atoms with Gasteiger partial charge in [-0.2, -0.15) is 0 Å². The van der Waals surface area contributed by atoms with E-state index >= 15 is 0 Å². The number of amidine groups is 1. The summed E-state index contributed by atoms with van der Waals surface area (Å²) in [5.74, 6) is -0.297. The zero-order valence-electron chi connectivity index (χ0n) is 20.6. The Kier molecular flexibility index (Phi) is 8.01. The number of hydrogen-bond donors (Lipinski definition) is 5. The number of amides is 1. The van der Waals surface area contributed by atoms with Crippen molar-refractivity contribution in [2.24, 2.45) is 10.9 Å². The normalized spacial score (nSPS) is 13.2. The van der Waals surface area contributed by atoms with Gasteiger partial charge in [0.05, 0.1) is 4.90 Å². The zero-order chi connectivity index (χ0) is 26.5. The molecule has 3 aromatic carbocycles. The largest absolute Gasteiger partial charge is 0.409 e. The van der Waals surface area contributed by atoms with Gasteiger partial charge >= 0.3 is 0 Å². The van der Waals surface area contributed by atoms with Crippen LogP contribution in [-0.4, -0.2) is 36.9 Å². The number of hydrogen-bond acceptors (Lipinski definition) is 6. The second-order valence-electron chi connectivity index (χ2n) is 9.35. The predicted molar refractivity (Wildman–Crippen MR) is 143 cm³/mol. The number of benzene rings is 3. The van der Waals surface area contributed by atoms with Crippen molar-refractivity contribution in [3.63, 3.8) is 0 Å². The topological polar surface area (TPSA) is 146 Å². The molecule has 0 aliphatic carbocycles. The lowest BCUT2D eigenvalue weighted by Gasteiger charge is -2.21. The molecule has 1 atom stereocenters. The van der Waals surface area contributed by atoms with Crippen LogP contribution in [0.3, 0.4) is 0 Å². The molecule has 0 saturated heterocycles. The number of oxime groups is 1. The van der Waals surface area contributed by atoms with Crippen molar-refractivity contribution in [3.05, 3.63) is 78.4 Å². The van der Waals surface area contributed by atoms with Gasteiger partial charge in [0.15, 0.2) is 5.84 Å². The maximum Gasteiger partial charge on any atom is 0.246 e. The summed E-state index contributed by atoms with van der Waals surface area (Å²) in [7, 11) is -3.73. The number of carbonyl (C=O) groups excluding carboxylic acids is 1. The molecule has 10 heteroatoms. The molecule has 0 saturated carbocycles. The average molecular weight is 510 g/mol. The van der Waals surface area contributed by atoms with Crippen LogP contribution in [0.2, 0.25) is 0 Å². The van der Waals surface area contributed by atoms with Crippen LogP contribution in [0.1, 0.15) is 33.3 Å². The first kappa shape index (κ1) is 26.7. The SMILES string of the molecule is CC(Nc1cccc(/C(N)=N/O)c1)C(=O)Nc1ccc(-c2ccccc2S(=O)(=O)NC(C)(C)C)cc1. The Labute approximate surface area is 211 Å². The van der Waals surface area contributed by atoms with Crippen molar-refractivity contribution in [2.75, 3.05) is 10.6 Å². The molecule has 3 rings (SSSR count). The fourth-order valence-electron chi connectivity index (χ4n) is 3.52. The summed E-state index contributed by atoms with van der Waals surface area (Å²) in [6, 6.07) is 20.0. The van der Waals surface area contributed by atoms with E-state index < -0.39 is 21.6 Å². The lowest BCUT2D eigenvalue weighted by atomic mass is 10.1. The number of sulfonamides is 1. The van der Waals surface area contributed by atoms with E-state index in [0.29, 0.717) is 28.1 Å². The minimum Gasteiger partial charge on any atom is -0.409 e. The van der Waals surface area contributed by atoms with Crippen LogP contribution in [0, 0.1) is 0 Å². The molecule has 9 nitrogen and oxygen atoms in total. The highest BCUT2D eigenvalue weighted by molar-refractivity contribution is 7.89. The molecule has 0 bridgehead atoms. The average Bonchev–Trinajstić information content (AvgIpc) is 2.82. The molecule has 190 valence electrons. The Morgan fingerprint density at radius 2 is 1.64 bits per heavy atom. The smallest absolute Gasteiger partial charge is 0.246 e. The highest BCUT2D eigenvalue weighted by Crippen LogP contribution is 2.29. The Bertz CT molecular complexity index is 1360. The standard InChI is InChI=1S/C26H31N5O4S/c1-17(28-21-9-7-8-19(16-21)24(27)30-33)25(32)29-20-14-12-18(13-15-20)22-10-5-6-11-23(22)36(34,35)31-26(2,3)4/h5-17,28,31,33H,1-4H3,(H2,27,30)(H,29,32). The molecule has 1 amide bonds. The first-order valence-corrected chi connectivity index (χ1v) is 12.8. The fourth-order valence-corrected chi connectivity index (χ4v) is 5.17. The number of carbonyl (C=O) groups is 1. The maximum absolute atomic E-state index is 13.0. The molecule has 36 heavy (non-hydrogen) atoms. The van der Waals surface area contributed by atoms with Crippen molar-refractivity contribution >= 4 is 33.1 Å². The summed E-state index contributed by atoms with van der Waals surface area (Å²) in [5, 5.41) is 17.8. The minimum absolute atomic E-state index is 0.0283. The monoisotopic (exact) mass is 509 g/mol. The van der Waals surface area contributed by atoms with Crippen LogP contribution in [0.4, 0.5) is 11.4 Å². The molecule has 0 spiro atoms. The quantitative estimate of drug-likeness (QED) is 0.134. The van der Waals surface area contributed by atoms with Crippen LogP contribution in [0.15, 0.2) is 82.8 Å². The molecule has 0 radical (unpaired) electrons. The van der Waals surface area contributed by atoms with Crippen LogP contribution in [-0.2, 0) is 14.8 Å². The number of nitrogens with two attached hydrogens (primary N) is 1. The van der Waals surface area contributed by atoms with Crippen molar-refractivity contribution in [2.45, 2.75) is 44.2 Å². The van der Waals surface area contributed by atoms with Gasteiger partial charge in [0.1, 0.15) is 6.04 Å². The molecule has 0 heterocycles. The lowest BCUT2D eigenvalue weighted by Crippen LogP contribution is -2.40. The van der Waals surface area contributed by atoms with E-state index in [1.54, 1.807) is 100 Å². The first-order chi connectivity index (χ1) is 16.9. The van der Waals surface area contributed by atoms with Crippen molar-refractivity contribution < 1.29 is 18.4 Å². The molecular weight excluding hydrogens is 478 g/mol. The van der Waals surface area contributed by atoms with E-state index in [1.807, 2.05) is 0 Å². The number of anilines is 2. The molecule has 0 aliphatic heterocycles. The summed E-state index contributed by atoms with van der Waals surface area (Å²) < 4.78 is 28.6. The summed E-state index contributed by atoms with van der Waals surface area (Å²) in [6.07, 6.45) is 0. The van der Waals surface area contributed by atoms with Gasteiger partial charge in [-0.15, -0.1) is 0 Å². The summed E-state index contributed by atoms with van der Waals surface area (Å²) in [5.41, 5.74) is 7.99. The van der Waals surface area contributed by atoms with E-state index in [0.717, 1.165) is 0 Å². The third-order valence-electron chi connectivity index (χ3n) is 5.12. The lowest BCUT2D eigenvalue weighted by molar-refractivity contribution is -0.116. The van der Waals surface area contributed by atoms with Crippen molar-refractivity contribution in [1.29, 1.82) is 0 Å². The first-order valence-electron chi connectivity index (χ1n) is 11.3. The maximum atomic E-state index is 13.0. The van der Waals surface area contributed by atoms with Crippen molar-refractivity contribution in [1.82, 2.24) is 4.72 Å². The third-order valence-corrected chi connectivity index (χ3v) is 6.94. The summed E-state index contributed by atoms with van der Waals surface area (Å²) in [4.78, 5) is 12.9. The van der Waals surface area contributed by atoms with Gasteiger partial charge in [-0.3, -0.25) is 4.79 Å². The zero-order valence-corrected chi connectivity index (χ0v) is 21.4. The molecule has 0 fully saturated rings. The van der Waals surface area contributed by atoms with E-state index in [1.165, 1.54) is 0 Å². The summed E-state index contributed by atoms with van der Waals surface area (Å²) in [6.45, 7) is 7.07. The van der Waals surface area contributed by atoms with Crippen LogP contribution >= 0.6 is 0 Å². The number of nitrogens with one attached hydrogen (secondary N) is 3. The Hall–Kier alpha value is -3.89. The van der Waals surface area contributed by atoms with Gasteiger partial charge in [-0.25, -0.2) is 13.1 Å². The Morgan fingerprint density at radius 1 is 0.972 bits per heavy atom. The molecule has 0 aromatic heterocycles. The van der Waals surface area contributed by atoms with Gasteiger partial charge < -0.3 is 21.6 Å². The second kappa shape index (κ2) is 10.8. The van der Waals surface area contributed by atoms with Gasteiger partial charge in [-0.1, -0.05) is 47.6 Å². The fraction of sp³-hybridized carbons (Fsp3) is 0.231. The van der Waals surface area contributed by atoms with Gasteiger partial charge in [-0.05, 0) is 63.6 Å². The van der Waals surface area contributed by atoms with Gasteiger partial charge in [0.25, 0.3) is 0 Å². The third kappa shape index (κ3) is 6.83. The number of nitrogens with zero attached hydrogens (tertiary/aromatic N) is 1. The molecule has 6 N–H and O–H groups in total. The molecule has 0 aliphatic rings.